The lowest BCUT2D eigenvalue weighted by atomic mass is 10.0. The van der Waals surface area contributed by atoms with Gasteiger partial charge in [-0.1, -0.05) is 49.7 Å². The minimum atomic E-state index is -1.01. The maximum Gasteiger partial charge on any atom is 0.318 e. The van der Waals surface area contributed by atoms with Gasteiger partial charge in [-0.3, -0.25) is 9.69 Å². The Hall–Kier alpha value is -3.22. The van der Waals surface area contributed by atoms with Gasteiger partial charge in [0, 0.05) is 41.8 Å². The van der Waals surface area contributed by atoms with E-state index in [4.69, 9.17) is 26.3 Å². The van der Waals surface area contributed by atoms with Crippen LogP contribution in [0.3, 0.4) is 0 Å². The predicted molar refractivity (Wildman–Crippen MR) is 168 cm³/mol. The summed E-state index contributed by atoms with van der Waals surface area (Å²) in [5.74, 6) is -1.00. The van der Waals surface area contributed by atoms with Gasteiger partial charge in [0.2, 0.25) is 0 Å². The van der Waals surface area contributed by atoms with Crippen molar-refractivity contribution in [2.45, 2.75) is 89.8 Å². The highest BCUT2D eigenvalue weighted by molar-refractivity contribution is 6.31. The molecule has 1 aromatic carbocycles. The van der Waals surface area contributed by atoms with E-state index in [0.717, 1.165) is 72.6 Å². The Morgan fingerprint density at radius 1 is 1.21 bits per heavy atom. The second-order valence-corrected chi connectivity index (χ2v) is 12.6. The van der Waals surface area contributed by atoms with Gasteiger partial charge in [0.1, 0.15) is 12.4 Å². The lowest BCUT2D eigenvalue weighted by molar-refractivity contribution is -0.131. The number of carbonyl (C=O) groups is 1. The van der Waals surface area contributed by atoms with Crippen molar-refractivity contribution >= 4 is 23.3 Å². The highest BCUT2D eigenvalue weighted by atomic mass is 35.5. The number of nitriles is 1. The number of amides is 1. The molecule has 0 saturated carbocycles. The van der Waals surface area contributed by atoms with Gasteiger partial charge in [-0.05, 0) is 71.0 Å². The van der Waals surface area contributed by atoms with E-state index in [2.05, 4.69) is 56.3 Å². The van der Waals surface area contributed by atoms with Crippen LogP contribution in [0.1, 0.15) is 69.7 Å². The summed E-state index contributed by atoms with van der Waals surface area (Å²) in [4.78, 5) is 28.3. The van der Waals surface area contributed by atoms with Crippen LogP contribution < -0.4 is 9.64 Å². The minimum absolute atomic E-state index is 0.0849. The number of aryl methyl sites for hydroxylation is 2. The Bertz CT molecular complexity index is 1350. The molecule has 2 unspecified atom stereocenters. The van der Waals surface area contributed by atoms with E-state index in [1.54, 1.807) is 0 Å². The largest absolute Gasteiger partial charge is 0.462 e. The van der Waals surface area contributed by atoms with Crippen LogP contribution in [0.5, 0.6) is 6.01 Å². The summed E-state index contributed by atoms with van der Waals surface area (Å²) in [5, 5.41) is 10.3. The Morgan fingerprint density at radius 3 is 2.63 bits per heavy atom. The normalized spacial score (nSPS) is 20.2. The molecule has 3 heterocycles. The van der Waals surface area contributed by atoms with E-state index in [9.17, 15) is 14.4 Å². The monoisotopic (exact) mass is 610 g/mol. The fourth-order valence-corrected chi connectivity index (χ4v) is 6.41. The number of anilines is 1. The van der Waals surface area contributed by atoms with Crippen LogP contribution in [0.2, 0.25) is 5.02 Å². The molecule has 0 spiro atoms. The van der Waals surface area contributed by atoms with Crippen LogP contribution in [0.4, 0.5) is 10.2 Å². The van der Waals surface area contributed by atoms with Gasteiger partial charge in [0.05, 0.1) is 24.2 Å². The van der Waals surface area contributed by atoms with E-state index in [1.807, 2.05) is 18.2 Å². The third-order valence-electron chi connectivity index (χ3n) is 8.97. The maximum absolute atomic E-state index is 13.8. The molecule has 0 radical (unpaired) electrons. The fourth-order valence-electron chi connectivity index (χ4n) is 6.18. The average Bonchev–Trinajstić information content (AvgIpc) is 3.24. The first kappa shape index (κ1) is 32.7. The number of aromatic nitrogens is 2. The number of likely N-dealkylation sites (N-methyl/N-ethyl adjacent to an activating group) is 1. The molecule has 4 rings (SSSR count). The molecule has 2 aliphatic heterocycles. The number of benzene rings is 1. The van der Waals surface area contributed by atoms with Gasteiger partial charge in [-0.2, -0.15) is 15.2 Å². The summed E-state index contributed by atoms with van der Waals surface area (Å²) in [6.07, 6.45) is 6.31. The molecule has 2 saturated heterocycles. The molecule has 0 aliphatic carbocycles. The van der Waals surface area contributed by atoms with Crippen molar-refractivity contribution < 1.29 is 13.9 Å². The van der Waals surface area contributed by atoms with Gasteiger partial charge in [-0.15, -0.1) is 0 Å². The smallest absolute Gasteiger partial charge is 0.318 e. The van der Waals surface area contributed by atoms with Crippen molar-refractivity contribution in [3.63, 3.8) is 0 Å². The Labute approximate surface area is 260 Å². The van der Waals surface area contributed by atoms with E-state index in [0.29, 0.717) is 25.7 Å². The zero-order valence-electron chi connectivity index (χ0n) is 25.9. The number of hydrogen-bond acceptors (Lipinski definition) is 7. The topological polar surface area (TPSA) is 85.6 Å². The lowest BCUT2D eigenvalue weighted by Gasteiger charge is -2.41. The van der Waals surface area contributed by atoms with E-state index >= 15 is 0 Å². The zero-order valence-corrected chi connectivity index (χ0v) is 26.7. The number of nitrogens with zero attached hydrogens (tertiary/aromatic N) is 6. The van der Waals surface area contributed by atoms with Crippen molar-refractivity contribution in [1.29, 1.82) is 5.26 Å². The van der Waals surface area contributed by atoms with Crippen LogP contribution in [-0.4, -0.2) is 76.6 Å². The molecular weight excluding hydrogens is 567 g/mol. The molecule has 1 aromatic heterocycles. The molecule has 43 heavy (non-hydrogen) atoms. The van der Waals surface area contributed by atoms with Crippen LogP contribution in [0.25, 0.3) is 0 Å². The van der Waals surface area contributed by atoms with Gasteiger partial charge >= 0.3 is 6.01 Å². The summed E-state index contributed by atoms with van der Waals surface area (Å²) < 4.78 is 20.1. The zero-order chi connectivity index (χ0) is 31.1. The molecule has 232 valence electrons. The molecule has 2 aliphatic rings. The number of halogens is 2. The molecular formula is C33H44ClFN6O2. The third kappa shape index (κ3) is 7.84. The number of hydrogen-bond donors (Lipinski definition) is 0. The van der Waals surface area contributed by atoms with Crippen molar-refractivity contribution in [3.8, 4) is 12.1 Å². The Kier molecular flexibility index (Phi) is 11.0. The predicted octanol–water partition coefficient (Wildman–Crippen LogP) is 5.92. The first-order valence-electron chi connectivity index (χ1n) is 15.3. The quantitative estimate of drug-likeness (QED) is 0.276. The molecule has 0 N–H and O–H groups in total. The summed E-state index contributed by atoms with van der Waals surface area (Å²) in [6, 6.07) is 10.2. The minimum Gasteiger partial charge on any atom is -0.462 e. The second kappa shape index (κ2) is 14.5. The molecule has 2 aromatic rings. The summed E-state index contributed by atoms with van der Waals surface area (Å²) in [5.41, 5.74) is 3.22. The van der Waals surface area contributed by atoms with Crippen molar-refractivity contribution in [2.24, 2.45) is 0 Å². The fraction of sp³-hybridized carbons (Fsp3) is 0.576. The van der Waals surface area contributed by atoms with Gasteiger partial charge < -0.3 is 14.5 Å². The first-order valence-corrected chi connectivity index (χ1v) is 15.7. The third-order valence-corrected chi connectivity index (χ3v) is 9.34. The molecule has 10 heteroatoms. The van der Waals surface area contributed by atoms with E-state index < -0.39 is 17.8 Å². The van der Waals surface area contributed by atoms with Crippen LogP contribution >= 0.6 is 11.6 Å². The summed E-state index contributed by atoms with van der Waals surface area (Å²) in [7, 11) is 2.14. The molecule has 2 fully saturated rings. The average molecular weight is 611 g/mol. The van der Waals surface area contributed by atoms with E-state index in [1.165, 1.54) is 4.90 Å². The number of piperazine rings is 1. The number of likely N-dealkylation sites (tertiary alicyclic amines) is 1. The second-order valence-electron chi connectivity index (χ2n) is 12.2. The number of rotatable bonds is 12. The van der Waals surface area contributed by atoms with Crippen molar-refractivity contribution in [1.82, 2.24) is 19.8 Å². The molecule has 2 atom stereocenters. The standard InChI is InChI=1S/C33H44ClFN6O2/c1-6-10-27-29(14-9-12-24-11-7-8-13-28(24)34)37-32(43-22-26-15-17-33(3,4)39(26)5)38-30(27)40-19-20-41(31(42)23(2)35)25(21-40)16-18-36/h7-8,11,13,25-26H,2,6,9-10,12,14-17,19-22H2,1,3-5H3. The first-order chi connectivity index (χ1) is 20.6. The highest BCUT2D eigenvalue weighted by Gasteiger charge is 2.37. The van der Waals surface area contributed by atoms with Crippen molar-refractivity contribution in [3.05, 3.63) is 58.5 Å². The summed E-state index contributed by atoms with van der Waals surface area (Å²) >= 11 is 6.43. The molecule has 1 amide bonds. The SMILES string of the molecule is C=C(F)C(=O)N1CCN(c2nc(OCC3CCC(C)(C)N3C)nc(CCCc3ccccc3Cl)c2CCC)CC1CC#N. The van der Waals surface area contributed by atoms with Crippen LogP contribution in [0, 0.1) is 11.3 Å². The van der Waals surface area contributed by atoms with E-state index in [-0.39, 0.29) is 24.5 Å². The van der Waals surface area contributed by atoms with Gasteiger partial charge in [0.25, 0.3) is 5.91 Å². The Balaban J connectivity index is 1.64. The molecule has 0 bridgehead atoms. The highest BCUT2D eigenvalue weighted by Crippen LogP contribution is 2.33. The van der Waals surface area contributed by atoms with Gasteiger partial charge in [0.15, 0.2) is 5.83 Å². The van der Waals surface area contributed by atoms with Gasteiger partial charge in [-0.25, -0.2) is 4.39 Å². The number of ether oxygens (including phenoxy) is 1. The Morgan fingerprint density at radius 2 is 1.98 bits per heavy atom. The molecule has 8 nitrogen and oxygen atoms in total. The van der Waals surface area contributed by atoms with Crippen LogP contribution in [0.15, 0.2) is 36.7 Å². The maximum atomic E-state index is 13.8. The lowest BCUT2D eigenvalue weighted by Crippen LogP contribution is -2.55. The summed E-state index contributed by atoms with van der Waals surface area (Å²) in [6.45, 7) is 11.4. The van der Waals surface area contributed by atoms with Crippen LogP contribution in [-0.2, 0) is 24.1 Å². The van der Waals surface area contributed by atoms with Crippen molar-refractivity contribution in [2.75, 3.05) is 38.2 Å². The number of carbonyl (C=O) groups excluding carboxylic acids is 1.